The summed E-state index contributed by atoms with van der Waals surface area (Å²) in [6.07, 6.45) is 18.2. The second kappa shape index (κ2) is 8.16. The molecular formula is C28H47N. The molecule has 29 heavy (non-hydrogen) atoms. The van der Waals surface area contributed by atoms with E-state index in [0.29, 0.717) is 10.8 Å². The van der Waals surface area contributed by atoms with Gasteiger partial charge in [-0.2, -0.15) is 0 Å². The van der Waals surface area contributed by atoms with Crippen LogP contribution in [-0.4, -0.2) is 12.8 Å². The lowest BCUT2D eigenvalue weighted by atomic mass is 9.46. The first-order chi connectivity index (χ1) is 13.8. The minimum Gasteiger partial charge on any atom is -0.293 e. The molecule has 0 aromatic heterocycles. The Bertz CT molecular complexity index is 657. The van der Waals surface area contributed by atoms with Gasteiger partial charge in [0.05, 0.1) is 0 Å². The largest absolute Gasteiger partial charge is 0.293 e. The number of aliphatic imine (C=N–C) groups is 1. The summed E-state index contributed by atoms with van der Waals surface area (Å²) in [4.78, 5) is 4.54. The SMILES string of the molecule is C/N=C1/C=C2CC[C@H]3[C@@H]4CC[C@H](C(C)CCCC(C)C)[C@@]4(C)CC[C@@H]3[C@@]2(C)CC1. The summed E-state index contributed by atoms with van der Waals surface area (Å²) >= 11 is 0. The number of allylic oxidation sites excluding steroid dienone is 2. The molecule has 0 aromatic carbocycles. The maximum Gasteiger partial charge on any atom is 0.0344 e. The van der Waals surface area contributed by atoms with Crippen LogP contribution in [0.1, 0.15) is 105 Å². The molecule has 0 amide bonds. The van der Waals surface area contributed by atoms with Crippen molar-refractivity contribution in [2.45, 2.75) is 105 Å². The lowest BCUT2D eigenvalue weighted by Gasteiger charge is -2.58. The summed E-state index contributed by atoms with van der Waals surface area (Å²) in [6.45, 7) is 12.7. The predicted molar refractivity (Wildman–Crippen MR) is 126 cm³/mol. The standard InChI is InChI=1S/C28H47N/c1-19(2)8-7-9-20(3)24-12-13-25-23-11-10-21-18-22(29-6)14-16-27(21,4)26(23)15-17-28(24,25)5/h18-20,23-26H,7-17H2,1-6H3/b29-22+/t20?,23-,24+,25-,26-,27-,28+/m0/s1. The van der Waals surface area contributed by atoms with Crippen LogP contribution in [0.15, 0.2) is 16.6 Å². The van der Waals surface area contributed by atoms with E-state index in [-0.39, 0.29) is 0 Å². The van der Waals surface area contributed by atoms with Crippen LogP contribution >= 0.6 is 0 Å². The topological polar surface area (TPSA) is 12.4 Å². The number of hydrogen-bond acceptors (Lipinski definition) is 1. The highest BCUT2D eigenvalue weighted by Crippen LogP contribution is 2.67. The first-order valence-corrected chi connectivity index (χ1v) is 13.0. The fourth-order valence-electron chi connectivity index (χ4n) is 8.77. The van der Waals surface area contributed by atoms with E-state index in [1.54, 1.807) is 5.57 Å². The molecule has 0 bridgehead atoms. The molecule has 4 aliphatic carbocycles. The van der Waals surface area contributed by atoms with E-state index < -0.39 is 0 Å². The lowest BCUT2D eigenvalue weighted by Crippen LogP contribution is -2.51. The third-order valence-electron chi connectivity index (χ3n) is 10.5. The van der Waals surface area contributed by atoms with E-state index in [1.165, 1.54) is 76.3 Å². The van der Waals surface area contributed by atoms with Crippen LogP contribution in [0.5, 0.6) is 0 Å². The Morgan fingerprint density at radius 3 is 2.48 bits per heavy atom. The van der Waals surface area contributed by atoms with Gasteiger partial charge >= 0.3 is 0 Å². The summed E-state index contributed by atoms with van der Waals surface area (Å²) in [7, 11) is 1.98. The maximum atomic E-state index is 4.54. The van der Waals surface area contributed by atoms with Crippen molar-refractivity contribution in [3.8, 4) is 0 Å². The fraction of sp³-hybridized carbons (Fsp3) is 0.893. The number of fused-ring (bicyclic) bond motifs is 5. The zero-order chi connectivity index (χ0) is 20.8. The molecule has 0 aliphatic heterocycles. The first kappa shape index (κ1) is 21.6. The van der Waals surface area contributed by atoms with Crippen LogP contribution in [-0.2, 0) is 0 Å². The van der Waals surface area contributed by atoms with Crippen LogP contribution < -0.4 is 0 Å². The maximum absolute atomic E-state index is 4.54. The Labute approximate surface area is 181 Å². The molecule has 4 aliphatic rings. The van der Waals surface area contributed by atoms with Gasteiger partial charge in [-0.25, -0.2) is 0 Å². The Hall–Kier alpha value is -0.590. The third-order valence-corrected chi connectivity index (χ3v) is 10.5. The van der Waals surface area contributed by atoms with Crippen LogP contribution in [0.2, 0.25) is 0 Å². The molecule has 1 nitrogen and oxygen atoms in total. The van der Waals surface area contributed by atoms with Crippen molar-refractivity contribution < 1.29 is 0 Å². The van der Waals surface area contributed by atoms with E-state index in [1.807, 2.05) is 7.05 Å². The molecule has 7 atom stereocenters. The van der Waals surface area contributed by atoms with Gasteiger partial charge in [-0.05, 0) is 104 Å². The Balaban J connectivity index is 1.49. The van der Waals surface area contributed by atoms with E-state index in [4.69, 9.17) is 0 Å². The van der Waals surface area contributed by atoms with Crippen LogP contribution in [0.25, 0.3) is 0 Å². The molecule has 4 rings (SSSR count). The van der Waals surface area contributed by atoms with Gasteiger partial charge < -0.3 is 0 Å². The zero-order valence-electron chi connectivity index (χ0n) is 20.3. The van der Waals surface area contributed by atoms with Gasteiger partial charge in [0.1, 0.15) is 0 Å². The molecule has 0 radical (unpaired) electrons. The minimum atomic E-state index is 0.472. The second-order valence-electron chi connectivity index (χ2n) is 12.2. The molecule has 0 aromatic rings. The van der Waals surface area contributed by atoms with E-state index in [0.717, 1.165) is 35.5 Å². The third kappa shape index (κ3) is 3.67. The van der Waals surface area contributed by atoms with Gasteiger partial charge in [-0.1, -0.05) is 59.5 Å². The van der Waals surface area contributed by atoms with E-state index in [2.05, 4.69) is 45.7 Å². The van der Waals surface area contributed by atoms with E-state index in [9.17, 15) is 0 Å². The van der Waals surface area contributed by atoms with Gasteiger partial charge in [-0.15, -0.1) is 0 Å². The highest BCUT2D eigenvalue weighted by atomic mass is 14.7. The van der Waals surface area contributed by atoms with Gasteiger partial charge in [0.25, 0.3) is 0 Å². The van der Waals surface area contributed by atoms with Gasteiger partial charge in [0, 0.05) is 12.8 Å². The molecule has 164 valence electrons. The van der Waals surface area contributed by atoms with Crippen molar-refractivity contribution in [3.05, 3.63) is 11.6 Å². The smallest absolute Gasteiger partial charge is 0.0344 e. The van der Waals surface area contributed by atoms with Crippen molar-refractivity contribution >= 4 is 5.71 Å². The van der Waals surface area contributed by atoms with Crippen LogP contribution in [0, 0.1) is 46.3 Å². The Kier molecular flexibility index (Phi) is 6.09. The zero-order valence-corrected chi connectivity index (χ0v) is 20.3. The number of nitrogens with zero attached hydrogens (tertiary/aromatic N) is 1. The highest BCUT2D eigenvalue weighted by molar-refractivity contribution is 5.96. The molecule has 0 spiro atoms. The van der Waals surface area contributed by atoms with Crippen molar-refractivity contribution in [3.63, 3.8) is 0 Å². The molecule has 3 saturated carbocycles. The average molecular weight is 398 g/mol. The molecule has 0 heterocycles. The predicted octanol–water partition coefficient (Wildman–Crippen LogP) is 8.10. The number of hydrogen-bond donors (Lipinski definition) is 0. The molecule has 0 saturated heterocycles. The first-order valence-electron chi connectivity index (χ1n) is 13.0. The quantitative estimate of drug-likeness (QED) is 0.444. The normalized spacial score (nSPS) is 44.2. The molecule has 1 unspecified atom stereocenters. The van der Waals surface area contributed by atoms with Crippen LogP contribution in [0.4, 0.5) is 0 Å². The summed E-state index contributed by atoms with van der Waals surface area (Å²) in [6, 6.07) is 0. The molecule has 3 fully saturated rings. The van der Waals surface area contributed by atoms with Gasteiger partial charge in [0.15, 0.2) is 0 Å². The molecular weight excluding hydrogens is 350 g/mol. The highest BCUT2D eigenvalue weighted by Gasteiger charge is 2.59. The monoisotopic (exact) mass is 397 g/mol. The average Bonchev–Trinajstić information content (AvgIpc) is 3.04. The molecule has 1 heteroatoms. The van der Waals surface area contributed by atoms with E-state index >= 15 is 0 Å². The fourth-order valence-corrected chi connectivity index (χ4v) is 8.77. The summed E-state index contributed by atoms with van der Waals surface area (Å²) in [5.41, 5.74) is 4.21. The second-order valence-corrected chi connectivity index (χ2v) is 12.2. The van der Waals surface area contributed by atoms with Crippen molar-refractivity contribution in [2.24, 2.45) is 51.3 Å². The van der Waals surface area contributed by atoms with Crippen molar-refractivity contribution in [1.82, 2.24) is 0 Å². The van der Waals surface area contributed by atoms with Gasteiger partial charge in [-0.3, -0.25) is 4.99 Å². The summed E-state index contributed by atoms with van der Waals surface area (Å²) in [5.74, 6) is 5.70. The Morgan fingerprint density at radius 1 is 0.966 bits per heavy atom. The minimum absolute atomic E-state index is 0.472. The van der Waals surface area contributed by atoms with Crippen molar-refractivity contribution in [1.29, 1.82) is 0 Å². The summed E-state index contributed by atoms with van der Waals surface area (Å²) in [5, 5.41) is 0. The van der Waals surface area contributed by atoms with Gasteiger partial charge in [0.2, 0.25) is 0 Å². The molecule has 0 N–H and O–H groups in total. The number of rotatable bonds is 5. The summed E-state index contributed by atoms with van der Waals surface area (Å²) < 4.78 is 0. The van der Waals surface area contributed by atoms with Crippen molar-refractivity contribution in [2.75, 3.05) is 7.05 Å². The lowest BCUT2D eigenvalue weighted by molar-refractivity contribution is -0.0573. The Morgan fingerprint density at radius 2 is 1.76 bits per heavy atom. The van der Waals surface area contributed by atoms with Crippen LogP contribution in [0.3, 0.4) is 0 Å².